The summed E-state index contributed by atoms with van der Waals surface area (Å²) in [6.45, 7) is 7.88. The first kappa shape index (κ1) is 20.5. The Morgan fingerprint density at radius 3 is 2.62 bits per heavy atom. The van der Waals surface area contributed by atoms with Crippen LogP contribution in [0.3, 0.4) is 0 Å². The fourth-order valence-corrected chi connectivity index (χ4v) is 4.58. The summed E-state index contributed by atoms with van der Waals surface area (Å²) >= 11 is 0. The fraction of sp³-hybridized carbons (Fsp3) is 0.400. The molecule has 1 fully saturated rings. The van der Waals surface area contributed by atoms with Crippen molar-refractivity contribution in [2.45, 2.75) is 51.0 Å². The summed E-state index contributed by atoms with van der Waals surface area (Å²) in [5.41, 5.74) is 10.7. The van der Waals surface area contributed by atoms with Crippen molar-refractivity contribution >= 4 is 22.5 Å². The molecule has 0 spiro atoms. The Hall–Kier alpha value is -3.35. The van der Waals surface area contributed by atoms with Gasteiger partial charge < -0.3 is 19.4 Å². The van der Waals surface area contributed by atoms with E-state index in [9.17, 15) is 4.79 Å². The van der Waals surface area contributed by atoms with Crippen molar-refractivity contribution < 1.29 is 14.3 Å². The van der Waals surface area contributed by atoms with E-state index in [2.05, 4.69) is 41.8 Å². The number of amides is 1. The van der Waals surface area contributed by atoms with Gasteiger partial charge in [-0.1, -0.05) is 26.8 Å². The van der Waals surface area contributed by atoms with E-state index >= 15 is 0 Å². The highest BCUT2D eigenvalue weighted by atomic mass is 16.7. The van der Waals surface area contributed by atoms with Gasteiger partial charge in [0.1, 0.15) is 0 Å². The lowest BCUT2D eigenvalue weighted by molar-refractivity contribution is -0.118. The lowest BCUT2D eigenvalue weighted by Crippen LogP contribution is -2.27. The van der Waals surface area contributed by atoms with E-state index in [0.29, 0.717) is 18.8 Å². The molecular formula is C25H28N4O3. The molecule has 0 saturated heterocycles. The summed E-state index contributed by atoms with van der Waals surface area (Å²) in [6, 6.07) is 14.0. The third-order valence-electron chi connectivity index (χ3n) is 6.47. The fourth-order valence-electron chi connectivity index (χ4n) is 4.58. The van der Waals surface area contributed by atoms with Crippen LogP contribution in [0.25, 0.3) is 10.9 Å². The molecule has 1 saturated carbocycles. The zero-order valence-corrected chi connectivity index (χ0v) is 18.7. The first-order chi connectivity index (χ1) is 15.3. The first-order valence-corrected chi connectivity index (χ1v) is 11.0. The normalized spacial score (nSPS) is 16.2. The van der Waals surface area contributed by atoms with Crippen LogP contribution in [0, 0.1) is 5.53 Å². The maximum absolute atomic E-state index is 13.3. The van der Waals surface area contributed by atoms with E-state index < -0.39 is 5.41 Å². The molecule has 1 amide bonds. The molecule has 166 valence electrons. The van der Waals surface area contributed by atoms with Crippen LogP contribution in [0.1, 0.15) is 44.9 Å². The van der Waals surface area contributed by atoms with Crippen molar-refractivity contribution in [2.75, 3.05) is 18.7 Å². The molecule has 2 aromatic carbocycles. The number of rotatable bonds is 6. The van der Waals surface area contributed by atoms with E-state index in [1.165, 1.54) is 5.69 Å². The van der Waals surface area contributed by atoms with E-state index in [4.69, 9.17) is 15.0 Å². The summed E-state index contributed by atoms with van der Waals surface area (Å²) in [4.78, 5) is 13.3. The highest BCUT2D eigenvalue weighted by Gasteiger charge is 2.51. The molecule has 7 nitrogen and oxygen atoms in total. The standard InChI is InChI=1S/C25H28N4O3/c1-24(2,3)22-13-16-12-18(5-6-19(16)29(22)11-10-27-26)28-23(30)25(8-9-25)17-4-7-20-21(14-17)32-15-31-20/h4-7,12-14,26H,8-11,15H2,1-3H3,(H,28,30). The minimum absolute atomic E-state index is 0.0131. The van der Waals surface area contributed by atoms with E-state index in [1.807, 2.05) is 36.4 Å². The summed E-state index contributed by atoms with van der Waals surface area (Å²) < 4.78 is 13.1. The Bertz CT molecular complexity index is 1220. The number of aromatic nitrogens is 1. The van der Waals surface area contributed by atoms with E-state index in [-0.39, 0.29) is 18.1 Å². The molecule has 1 aliphatic carbocycles. The van der Waals surface area contributed by atoms with Crippen molar-refractivity contribution in [3.05, 3.63) is 53.7 Å². The van der Waals surface area contributed by atoms with Gasteiger partial charge in [-0.05, 0) is 54.8 Å². The molecular weight excluding hydrogens is 404 g/mol. The van der Waals surface area contributed by atoms with E-state index in [1.54, 1.807) is 0 Å². The van der Waals surface area contributed by atoms with Gasteiger partial charge in [-0.2, -0.15) is 5.11 Å². The highest BCUT2D eigenvalue weighted by Crippen LogP contribution is 2.51. The largest absolute Gasteiger partial charge is 0.454 e. The van der Waals surface area contributed by atoms with Gasteiger partial charge in [-0.3, -0.25) is 4.79 Å². The molecule has 2 aliphatic rings. The second kappa shape index (κ2) is 7.36. The van der Waals surface area contributed by atoms with E-state index in [0.717, 1.165) is 40.7 Å². The second-order valence-electron chi connectivity index (χ2n) is 9.69. The van der Waals surface area contributed by atoms with Gasteiger partial charge in [0.05, 0.1) is 12.0 Å². The van der Waals surface area contributed by atoms with Gasteiger partial charge in [-0.15, -0.1) is 0 Å². The topological polar surface area (TPSA) is 88.7 Å². The maximum atomic E-state index is 13.3. The number of nitrogens with one attached hydrogen (secondary N) is 2. The van der Waals surface area contributed by atoms with Crippen LogP contribution in [-0.4, -0.2) is 23.8 Å². The monoisotopic (exact) mass is 432 g/mol. The molecule has 32 heavy (non-hydrogen) atoms. The number of carbonyl (C=O) groups is 1. The third-order valence-corrected chi connectivity index (χ3v) is 6.47. The minimum Gasteiger partial charge on any atom is -0.454 e. The molecule has 1 aromatic heterocycles. The lowest BCUT2D eigenvalue weighted by Gasteiger charge is -2.21. The number of anilines is 1. The predicted octanol–water partition coefficient (Wildman–Crippen LogP) is 5.37. The molecule has 2 heterocycles. The van der Waals surface area contributed by atoms with Crippen molar-refractivity contribution in [3.63, 3.8) is 0 Å². The molecule has 1 aliphatic heterocycles. The van der Waals surface area contributed by atoms with Crippen LogP contribution in [0.2, 0.25) is 0 Å². The molecule has 0 radical (unpaired) electrons. The molecule has 0 bridgehead atoms. The summed E-state index contributed by atoms with van der Waals surface area (Å²) in [5.74, 6) is 1.45. The zero-order valence-electron chi connectivity index (χ0n) is 18.7. The maximum Gasteiger partial charge on any atom is 0.235 e. The SMILES string of the molecule is CC(C)(C)c1cc2cc(NC(=O)C3(c4ccc5c(c4)OCO5)CC3)ccc2n1CCN=N. The number of ether oxygens (including phenoxy) is 2. The number of nitrogens with zero attached hydrogens (tertiary/aromatic N) is 2. The Kier molecular flexibility index (Phi) is 4.73. The van der Waals surface area contributed by atoms with Crippen LogP contribution < -0.4 is 14.8 Å². The van der Waals surface area contributed by atoms with Crippen LogP contribution >= 0.6 is 0 Å². The van der Waals surface area contributed by atoms with Crippen LogP contribution in [-0.2, 0) is 22.2 Å². The second-order valence-corrected chi connectivity index (χ2v) is 9.69. The molecule has 0 atom stereocenters. The van der Waals surface area contributed by atoms with Crippen molar-refractivity contribution in [3.8, 4) is 11.5 Å². The zero-order chi connectivity index (χ0) is 22.5. The van der Waals surface area contributed by atoms with Crippen LogP contribution in [0.5, 0.6) is 11.5 Å². The van der Waals surface area contributed by atoms with Crippen LogP contribution in [0.15, 0.2) is 47.6 Å². The first-order valence-electron chi connectivity index (χ1n) is 11.0. The quantitative estimate of drug-likeness (QED) is 0.513. The van der Waals surface area contributed by atoms with Crippen molar-refractivity contribution in [1.82, 2.24) is 4.57 Å². The van der Waals surface area contributed by atoms with Gasteiger partial charge >= 0.3 is 0 Å². The van der Waals surface area contributed by atoms with Gasteiger partial charge in [-0.25, -0.2) is 5.53 Å². The summed E-state index contributed by atoms with van der Waals surface area (Å²) in [6.07, 6.45) is 1.64. The Labute approximate surface area is 187 Å². The summed E-state index contributed by atoms with van der Waals surface area (Å²) in [5, 5.41) is 7.76. The number of carbonyl (C=O) groups excluding carboxylic acids is 1. The predicted molar refractivity (Wildman–Crippen MR) is 123 cm³/mol. The molecule has 7 heteroatoms. The lowest BCUT2D eigenvalue weighted by atomic mass is 9.92. The number of fused-ring (bicyclic) bond motifs is 2. The van der Waals surface area contributed by atoms with Crippen LogP contribution in [0.4, 0.5) is 5.69 Å². The van der Waals surface area contributed by atoms with Gasteiger partial charge in [0.2, 0.25) is 12.7 Å². The average molecular weight is 433 g/mol. The molecule has 2 N–H and O–H groups in total. The number of hydrogen-bond donors (Lipinski definition) is 2. The molecule has 0 unspecified atom stereocenters. The van der Waals surface area contributed by atoms with Gasteiger partial charge in [0.25, 0.3) is 0 Å². The van der Waals surface area contributed by atoms with Gasteiger partial charge in [0.15, 0.2) is 11.5 Å². The minimum atomic E-state index is -0.506. The Morgan fingerprint density at radius 2 is 1.91 bits per heavy atom. The average Bonchev–Trinajstić information content (AvgIpc) is 3.29. The Balaban J connectivity index is 1.43. The molecule has 5 rings (SSSR count). The number of hydrogen-bond acceptors (Lipinski definition) is 5. The third kappa shape index (κ3) is 3.42. The van der Waals surface area contributed by atoms with Crippen molar-refractivity contribution in [1.29, 1.82) is 5.53 Å². The smallest absolute Gasteiger partial charge is 0.235 e. The Morgan fingerprint density at radius 1 is 1.12 bits per heavy atom. The summed E-state index contributed by atoms with van der Waals surface area (Å²) in [7, 11) is 0. The number of benzene rings is 2. The highest BCUT2D eigenvalue weighted by molar-refractivity contribution is 6.02. The van der Waals surface area contributed by atoms with Gasteiger partial charge in [0, 0.05) is 34.2 Å². The molecule has 3 aromatic rings. The van der Waals surface area contributed by atoms with Crippen molar-refractivity contribution in [2.24, 2.45) is 5.11 Å².